The molecule has 0 N–H and O–H groups in total. The maximum absolute atomic E-state index is 13.0. The van der Waals surface area contributed by atoms with E-state index in [2.05, 4.69) is 106 Å². The number of carbonyl (C=O) groups excluding carboxylic acids is 3. The summed E-state index contributed by atoms with van der Waals surface area (Å²) in [7, 11) is 0. The fraction of sp³-hybridized carbons (Fsp3) is 0.773. The Balaban J connectivity index is 4.28. The van der Waals surface area contributed by atoms with Crippen LogP contribution in [0.5, 0.6) is 0 Å². The van der Waals surface area contributed by atoms with Crippen LogP contribution >= 0.6 is 0 Å². The third kappa shape index (κ3) is 67.3. The summed E-state index contributed by atoms with van der Waals surface area (Å²) < 4.78 is 17.0. The van der Waals surface area contributed by atoms with Crippen LogP contribution in [0.2, 0.25) is 0 Å². The number of rotatable bonds is 64. The second-order valence-electron chi connectivity index (χ2n) is 23.4. The highest BCUT2D eigenvalue weighted by Crippen LogP contribution is 2.17. The van der Waals surface area contributed by atoms with E-state index in [1.54, 1.807) is 0 Å². The molecule has 6 nitrogen and oxygen atoms in total. The zero-order valence-electron chi connectivity index (χ0n) is 53.8. The summed E-state index contributed by atoms with van der Waals surface area (Å²) in [6, 6.07) is 0. The lowest BCUT2D eigenvalue weighted by Crippen LogP contribution is -2.30. The van der Waals surface area contributed by atoms with Gasteiger partial charge in [0, 0.05) is 19.3 Å². The molecule has 0 spiro atoms. The maximum atomic E-state index is 13.0. The molecular formula is C75H132O6. The van der Waals surface area contributed by atoms with Gasteiger partial charge in [0.25, 0.3) is 0 Å². The fourth-order valence-electron chi connectivity index (χ4n) is 10.1. The van der Waals surface area contributed by atoms with Crippen LogP contribution in [-0.4, -0.2) is 37.2 Å². The second-order valence-corrected chi connectivity index (χ2v) is 23.4. The molecule has 0 radical (unpaired) electrons. The van der Waals surface area contributed by atoms with Crippen molar-refractivity contribution in [1.29, 1.82) is 0 Å². The summed E-state index contributed by atoms with van der Waals surface area (Å²) in [4.78, 5) is 38.4. The number of unbranched alkanes of at least 4 members (excludes halogenated alkanes) is 39. The average Bonchev–Trinajstić information content (AvgIpc) is 3.46. The molecule has 1 atom stereocenters. The van der Waals surface area contributed by atoms with E-state index < -0.39 is 6.10 Å². The molecule has 0 bridgehead atoms. The van der Waals surface area contributed by atoms with E-state index in [-0.39, 0.29) is 31.1 Å². The molecule has 0 heterocycles. The highest BCUT2D eigenvalue weighted by Gasteiger charge is 2.19. The summed E-state index contributed by atoms with van der Waals surface area (Å²) in [6.45, 7) is 6.52. The van der Waals surface area contributed by atoms with Gasteiger partial charge in [0.15, 0.2) is 6.10 Å². The highest BCUT2D eigenvalue weighted by atomic mass is 16.6. The van der Waals surface area contributed by atoms with E-state index in [1.165, 1.54) is 218 Å². The molecule has 0 aliphatic heterocycles. The minimum atomic E-state index is -0.791. The number of esters is 3. The summed E-state index contributed by atoms with van der Waals surface area (Å²) in [5, 5.41) is 0. The minimum absolute atomic E-state index is 0.0845. The van der Waals surface area contributed by atoms with Crippen molar-refractivity contribution in [3.05, 3.63) is 85.1 Å². The Bertz CT molecular complexity index is 1530. The second kappa shape index (κ2) is 69.1. The van der Waals surface area contributed by atoms with E-state index in [1.807, 2.05) is 0 Å². The smallest absolute Gasteiger partial charge is 0.306 e. The number of hydrogen-bond donors (Lipinski definition) is 0. The van der Waals surface area contributed by atoms with Crippen molar-refractivity contribution in [3.63, 3.8) is 0 Å². The number of carbonyl (C=O) groups is 3. The first-order valence-corrected chi connectivity index (χ1v) is 35.1. The standard InChI is InChI=1S/C75H132O6/c1-4-7-10-13-16-19-22-25-27-29-31-33-35-37-39-41-43-45-47-50-53-56-59-62-65-68-74(77)80-71-72(70-79-73(76)67-64-61-58-55-52-49-24-21-18-15-12-9-6-3)81-75(78)69-66-63-60-57-54-51-48-46-44-42-40-38-36-34-32-30-28-26-23-20-17-14-11-8-5-2/h9,12,18,21-23,25-26,29-32,49,52,72H,4-8,10-11,13-17,19-20,24,27-28,33-48,50-51,53-71H2,1-3H3/b12-9-,21-18-,25-22-,26-23-,31-29-,32-30-,52-49-. The van der Waals surface area contributed by atoms with Crippen LogP contribution < -0.4 is 0 Å². The van der Waals surface area contributed by atoms with Gasteiger partial charge in [-0.05, 0) is 116 Å². The molecule has 0 aliphatic rings. The Hall–Kier alpha value is -3.41. The van der Waals surface area contributed by atoms with Crippen molar-refractivity contribution in [2.45, 2.75) is 361 Å². The Kier molecular flexibility index (Phi) is 66.2. The van der Waals surface area contributed by atoms with Gasteiger partial charge in [0.1, 0.15) is 13.2 Å². The van der Waals surface area contributed by atoms with E-state index in [4.69, 9.17) is 14.2 Å². The molecule has 468 valence electrons. The lowest BCUT2D eigenvalue weighted by Gasteiger charge is -2.18. The first kappa shape index (κ1) is 77.6. The third-order valence-electron chi connectivity index (χ3n) is 15.4. The lowest BCUT2D eigenvalue weighted by atomic mass is 10.0. The first-order valence-electron chi connectivity index (χ1n) is 35.1. The molecule has 0 rings (SSSR count). The zero-order chi connectivity index (χ0) is 58.5. The van der Waals surface area contributed by atoms with Gasteiger partial charge in [-0.2, -0.15) is 0 Å². The largest absolute Gasteiger partial charge is 0.462 e. The first-order chi connectivity index (χ1) is 40.0. The quantitative estimate of drug-likeness (QED) is 0.0261. The van der Waals surface area contributed by atoms with Gasteiger partial charge in [-0.15, -0.1) is 0 Å². The van der Waals surface area contributed by atoms with Crippen molar-refractivity contribution < 1.29 is 28.6 Å². The Labute approximate surface area is 503 Å². The molecule has 1 unspecified atom stereocenters. The Morgan fingerprint density at radius 3 is 0.765 bits per heavy atom. The van der Waals surface area contributed by atoms with Crippen LogP contribution in [0, 0.1) is 0 Å². The number of hydrogen-bond acceptors (Lipinski definition) is 6. The van der Waals surface area contributed by atoms with Crippen LogP contribution in [0.4, 0.5) is 0 Å². The molecular weight excluding hydrogens is 997 g/mol. The summed E-state index contributed by atoms with van der Waals surface area (Å²) >= 11 is 0. The Morgan fingerprint density at radius 2 is 0.481 bits per heavy atom. The summed E-state index contributed by atoms with van der Waals surface area (Å²) in [5.41, 5.74) is 0. The van der Waals surface area contributed by atoms with Crippen LogP contribution in [-0.2, 0) is 28.6 Å². The zero-order valence-corrected chi connectivity index (χ0v) is 53.8. The van der Waals surface area contributed by atoms with E-state index in [9.17, 15) is 14.4 Å². The van der Waals surface area contributed by atoms with Gasteiger partial charge in [-0.25, -0.2) is 0 Å². The van der Waals surface area contributed by atoms with Crippen LogP contribution in [0.3, 0.4) is 0 Å². The summed E-state index contributed by atoms with van der Waals surface area (Å²) in [6.07, 6.45) is 91.9. The van der Waals surface area contributed by atoms with Crippen molar-refractivity contribution >= 4 is 17.9 Å². The van der Waals surface area contributed by atoms with Gasteiger partial charge in [0.2, 0.25) is 0 Å². The molecule has 0 aromatic rings. The van der Waals surface area contributed by atoms with Crippen molar-refractivity contribution in [1.82, 2.24) is 0 Å². The third-order valence-corrected chi connectivity index (χ3v) is 15.4. The fourth-order valence-corrected chi connectivity index (χ4v) is 10.1. The highest BCUT2D eigenvalue weighted by molar-refractivity contribution is 5.71. The molecule has 0 aliphatic carbocycles. The number of allylic oxidation sites excluding steroid dienone is 14. The molecule has 0 amide bonds. The molecule has 0 saturated carbocycles. The minimum Gasteiger partial charge on any atom is -0.462 e. The lowest BCUT2D eigenvalue weighted by molar-refractivity contribution is -0.167. The van der Waals surface area contributed by atoms with Gasteiger partial charge < -0.3 is 14.2 Å². The predicted octanol–water partition coefficient (Wildman–Crippen LogP) is 24.2. The predicted molar refractivity (Wildman–Crippen MR) is 353 cm³/mol. The van der Waals surface area contributed by atoms with Crippen LogP contribution in [0.25, 0.3) is 0 Å². The average molecular weight is 1130 g/mol. The van der Waals surface area contributed by atoms with Gasteiger partial charge in [-0.1, -0.05) is 305 Å². The molecule has 6 heteroatoms. The Morgan fingerprint density at radius 1 is 0.259 bits per heavy atom. The molecule has 0 fully saturated rings. The van der Waals surface area contributed by atoms with Gasteiger partial charge in [-0.3, -0.25) is 14.4 Å². The van der Waals surface area contributed by atoms with Crippen LogP contribution in [0.15, 0.2) is 85.1 Å². The van der Waals surface area contributed by atoms with Crippen molar-refractivity contribution in [3.8, 4) is 0 Å². The van der Waals surface area contributed by atoms with E-state index in [0.717, 1.165) is 96.3 Å². The van der Waals surface area contributed by atoms with Crippen molar-refractivity contribution in [2.75, 3.05) is 13.2 Å². The summed E-state index contributed by atoms with van der Waals surface area (Å²) in [5.74, 6) is -0.900. The maximum Gasteiger partial charge on any atom is 0.306 e. The normalized spacial score (nSPS) is 12.6. The van der Waals surface area contributed by atoms with Crippen molar-refractivity contribution in [2.24, 2.45) is 0 Å². The number of ether oxygens (including phenoxy) is 3. The topological polar surface area (TPSA) is 78.9 Å². The van der Waals surface area contributed by atoms with E-state index >= 15 is 0 Å². The van der Waals surface area contributed by atoms with E-state index in [0.29, 0.717) is 19.3 Å². The monoisotopic (exact) mass is 1130 g/mol. The SMILES string of the molecule is CC/C=C\C/C=C\C/C=C\CCCCCC(=O)OCC(COC(=O)CCCCCCCCCCCCCCC/C=C\C/C=C\CCCCCCC)OC(=O)CCCCCCCCCCCCCCC/C=C\C/C=C\CCCCCCC. The molecule has 0 saturated heterocycles. The van der Waals surface area contributed by atoms with Crippen LogP contribution in [0.1, 0.15) is 355 Å². The molecule has 81 heavy (non-hydrogen) atoms. The van der Waals surface area contributed by atoms with Gasteiger partial charge in [0.05, 0.1) is 0 Å². The molecule has 0 aromatic carbocycles. The molecule has 0 aromatic heterocycles. The van der Waals surface area contributed by atoms with Gasteiger partial charge >= 0.3 is 17.9 Å².